The summed E-state index contributed by atoms with van der Waals surface area (Å²) in [5.41, 5.74) is -0.153. The maximum absolute atomic E-state index is 12.2. The molecule has 3 heterocycles. The standard InChI is InChI=1S/C16H20BrN3O4/c1-9-12(17)6-11(14(22)20-9)13(21)19-8-10-7-16(15(23)24-10)2-4-18-5-3-16/h6,10,18H,2-5,7-8H2,1H3,(H,19,21)(H,20,22). The number of hydrogen-bond donors (Lipinski definition) is 3. The molecule has 2 saturated heterocycles. The molecule has 3 rings (SSSR count). The Morgan fingerprint density at radius 3 is 2.83 bits per heavy atom. The van der Waals surface area contributed by atoms with E-state index in [2.05, 4.69) is 31.5 Å². The van der Waals surface area contributed by atoms with Crippen LogP contribution in [0.3, 0.4) is 0 Å². The number of ether oxygens (including phenoxy) is 1. The molecule has 2 fully saturated rings. The lowest BCUT2D eigenvalue weighted by molar-refractivity contribution is -0.149. The third-order valence-electron chi connectivity index (χ3n) is 4.80. The van der Waals surface area contributed by atoms with Crippen LogP contribution in [-0.4, -0.2) is 42.6 Å². The molecule has 2 aliphatic heterocycles. The van der Waals surface area contributed by atoms with E-state index in [-0.39, 0.29) is 24.2 Å². The topological polar surface area (TPSA) is 100 Å². The van der Waals surface area contributed by atoms with E-state index in [1.54, 1.807) is 6.92 Å². The summed E-state index contributed by atoms with van der Waals surface area (Å²) in [5, 5.41) is 5.94. The first kappa shape index (κ1) is 17.2. The second-order valence-corrected chi connectivity index (χ2v) is 7.31. The minimum absolute atomic E-state index is 0.0355. The molecular weight excluding hydrogens is 378 g/mol. The van der Waals surface area contributed by atoms with Gasteiger partial charge in [0.1, 0.15) is 11.7 Å². The molecular formula is C16H20BrN3O4. The number of halogens is 1. The number of nitrogens with one attached hydrogen (secondary N) is 3. The van der Waals surface area contributed by atoms with Crippen LogP contribution in [0.15, 0.2) is 15.3 Å². The zero-order valence-corrected chi connectivity index (χ0v) is 15.0. The van der Waals surface area contributed by atoms with Gasteiger partial charge in [-0.05, 0) is 54.9 Å². The van der Waals surface area contributed by atoms with Crippen LogP contribution >= 0.6 is 15.9 Å². The highest BCUT2D eigenvalue weighted by atomic mass is 79.9. The molecule has 1 atom stereocenters. The molecule has 1 aromatic rings. The number of hydrogen-bond acceptors (Lipinski definition) is 5. The van der Waals surface area contributed by atoms with E-state index < -0.39 is 16.9 Å². The first-order valence-electron chi connectivity index (χ1n) is 8.01. The summed E-state index contributed by atoms with van der Waals surface area (Å²) >= 11 is 3.30. The molecule has 0 aromatic carbocycles. The SMILES string of the molecule is Cc1[nH]c(=O)c(C(=O)NCC2CC3(CCNCC3)C(=O)O2)cc1Br. The van der Waals surface area contributed by atoms with Gasteiger partial charge in [0.05, 0.1) is 12.0 Å². The lowest BCUT2D eigenvalue weighted by atomic mass is 9.76. The van der Waals surface area contributed by atoms with E-state index in [9.17, 15) is 14.4 Å². The number of carbonyl (C=O) groups is 2. The Hall–Kier alpha value is -1.67. The lowest BCUT2D eigenvalue weighted by Gasteiger charge is -2.29. The van der Waals surface area contributed by atoms with Crippen LogP contribution in [0.2, 0.25) is 0 Å². The fraction of sp³-hybridized carbons (Fsp3) is 0.562. The second-order valence-electron chi connectivity index (χ2n) is 6.46. The van der Waals surface area contributed by atoms with E-state index >= 15 is 0 Å². The first-order chi connectivity index (χ1) is 11.4. The van der Waals surface area contributed by atoms with E-state index in [0.29, 0.717) is 16.6 Å². The van der Waals surface area contributed by atoms with Crippen LogP contribution in [0.4, 0.5) is 0 Å². The Kier molecular flexibility index (Phi) is 4.78. The molecule has 2 aliphatic rings. The van der Waals surface area contributed by atoms with Gasteiger partial charge in [0.2, 0.25) is 0 Å². The van der Waals surface area contributed by atoms with Crippen LogP contribution in [0.5, 0.6) is 0 Å². The van der Waals surface area contributed by atoms with Crippen molar-refractivity contribution in [2.75, 3.05) is 19.6 Å². The van der Waals surface area contributed by atoms with Crippen molar-refractivity contribution in [1.29, 1.82) is 0 Å². The zero-order chi connectivity index (χ0) is 17.3. The quantitative estimate of drug-likeness (QED) is 0.656. The number of esters is 1. The number of piperidine rings is 1. The predicted molar refractivity (Wildman–Crippen MR) is 90.9 cm³/mol. The average molecular weight is 398 g/mol. The van der Waals surface area contributed by atoms with Crippen LogP contribution in [0, 0.1) is 12.3 Å². The minimum Gasteiger partial charge on any atom is -0.460 e. The van der Waals surface area contributed by atoms with Crippen molar-refractivity contribution in [1.82, 2.24) is 15.6 Å². The molecule has 0 radical (unpaired) electrons. The van der Waals surface area contributed by atoms with Crippen molar-refractivity contribution in [3.63, 3.8) is 0 Å². The Morgan fingerprint density at radius 1 is 1.42 bits per heavy atom. The van der Waals surface area contributed by atoms with Crippen molar-refractivity contribution < 1.29 is 14.3 Å². The maximum Gasteiger partial charge on any atom is 0.312 e. The largest absolute Gasteiger partial charge is 0.460 e. The first-order valence-corrected chi connectivity index (χ1v) is 8.80. The summed E-state index contributed by atoms with van der Waals surface area (Å²) in [4.78, 5) is 38.9. The molecule has 24 heavy (non-hydrogen) atoms. The van der Waals surface area contributed by atoms with Gasteiger partial charge in [-0.2, -0.15) is 0 Å². The molecule has 130 valence electrons. The van der Waals surface area contributed by atoms with Gasteiger partial charge in [-0.15, -0.1) is 0 Å². The number of aryl methyl sites for hydroxylation is 1. The van der Waals surface area contributed by atoms with Gasteiger partial charge in [0.25, 0.3) is 11.5 Å². The van der Waals surface area contributed by atoms with Crippen molar-refractivity contribution in [2.24, 2.45) is 5.41 Å². The number of pyridine rings is 1. The maximum atomic E-state index is 12.2. The predicted octanol–water partition coefficient (Wildman–Crippen LogP) is 0.861. The Morgan fingerprint density at radius 2 is 2.12 bits per heavy atom. The number of rotatable bonds is 3. The molecule has 1 spiro atoms. The Balaban J connectivity index is 1.62. The molecule has 0 aliphatic carbocycles. The van der Waals surface area contributed by atoms with Gasteiger partial charge in [0, 0.05) is 16.6 Å². The van der Waals surface area contributed by atoms with Crippen LogP contribution in [0.25, 0.3) is 0 Å². The Bertz CT molecular complexity index is 725. The molecule has 1 amide bonds. The van der Waals surface area contributed by atoms with Gasteiger partial charge >= 0.3 is 5.97 Å². The summed E-state index contributed by atoms with van der Waals surface area (Å²) in [6.07, 6.45) is 1.80. The fourth-order valence-electron chi connectivity index (χ4n) is 3.33. The number of aromatic amines is 1. The highest BCUT2D eigenvalue weighted by Crippen LogP contribution is 2.41. The average Bonchev–Trinajstić information content (AvgIpc) is 2.85. The number of amides is 1. The summed E-state index contributed by atoms with van der Waals surface area (Å²) < 4.78 is 6.10. The number of carbonyl (C=O) groups excluding carboxylic acids is 2. The minimum atomic E-state index is -0.473. The van der Waals surface area contributed by atoms with Crippen LogP contribution < -0.4 is 16.2 Å². The van der Waals surface area contributed by atoms with Gasteiger partial charge < -0.3 is 20.4 Å². The van der Waals surface area contributed by atoms with Crippen molar-refractivity contribution in [3.8, 4) is 0 Å². The third-order valence-corrected chi connectivity index (χ3v) is 5.62. The van der Waals surface area contributed by atoms with Gasteiger partial charge in [-0.3, -0.25) is 14.4 Å². The van der Waals surface area contributed by atoms with E-state index in [1.807, 2.05) is 0 Å². The third kappa shape index (κ3) is 3.25. The van der Waals surface area contributed by atoms with Crippen molar-refractivity contribution in [2.45, 2.75) is 32.3 Å². The highest BCUT2D eigenvalue weighted by molar-refractivity contribution is 9.10. The fourth-order valence-corrected chi connectivity index (χ4v) is 3.66. The number of H-pyrrole nitrogens is 1. The van der Waals surface area contributed by atoms with E-state index in [4.69, 9.17) is 4.74 Å². The van der Waals surface area contributed by atoms with E-state index in [0.717, 1.165) is 25.9 Å². The van der Waals surface area contributed by atoms with Crippen LogP contribution in [0.1, 0.15) is 35.3 Å². The van der Waals surface area contributed by atoms with Gasteiger partial charge in [-0.25, -0.2) is 0 Å². The summed E-state index contributed by atoms with van der Waals surface area (Å²) in [5.74, 6) is -0.640. The zero-order valence-electron chi connectivity index (χ0n) is 13.4. The normalized spacial score (nSPS) is 22.4. The summed E-state index contributed by atoms with van der Waals surface area (Å²) in [7, 11) is 0. The molecule has 7 nitrogen and oxygen atoms in total. The summed E-state index contributed by atoms with van der Waals surface area (Å²) in [6, 6.07) is 1.50. The molecule has 8 heteroatoms. The van der Waals surface area contributed by atoms with Gasteiger partial charge in [-0.1, -0.05) is 0 Å². The van der Waals surface area contributed by atoms with Crippen molar-refractivity contribution >= 4 is 27.8 Å². The van der Waals surface area contributed by atoms with Crippen molar-refractivity contribution in [3.05, 3.63) is 32.2 Å². The number of cyclic esters (lactones) is 1. The molecule has 0 saturated carbocycles. The Labute approximate surface area is 147 Å². The molecule has 0 bridgehead atoms. The monoisotopic (exact) mass is 397 g/mol. The van der Waals surface area contributed by atoms with E-state index in [1.165, 1.54) is 6.07 Å². The summed E-state index contributed by atoms with van der Waals surface area (Å²) in [6.45, 7) is 3.57. The number of aromatic nitrogens is 1. The second kappa shape index (κ2) is 6.68. The molecule has 1 aromatic heterocycles. The smallest absolute Gasteiger partial charge is 0.312 e. The van der Waals surface area contributed by atoms with Crippen LogP contribution in [-0.2, 0) is 9.53 Å². The van der Waals surface area contributed by atoms with Gasteiger partial charge in [0.15, 0.2) is 0 Å². The molecule has 1 unspecified atom stereocenters. The lowest BCUT2D eigenvalue weighted by Crippen LogP contribution is -2.40. The highest BCUT2D eigenvalue weighted by Gasteiger charge is 2.49. The molecule has 3 N–H and O–H groups in total.